The Morgan fingerprint density at radius 3 is 2.47 bits per heavy atom. The quantitative estimate of drug-likeness (QED) is 0.765. The van der Waals surface area contributed by atoms with Crippen molar-refractivity contribution >= 4 is 28.5 Å². The van der Waals surface area contributed by atoms with Crippen molar-refractivity contribution in [3.63, 3.8) is 0 Å². The Morgan fingerprint density at radius 1 is 1.16 bits per heavy atom. The topological polar surface area (TPSA) is 29.1 Å². The van der Waals surface area contributed by atoms with E-state index >= 15 is 0 Å². The Bertz CT molecular complexity index is 436. The molecule has 0 aliphatic heterocycles. The van der Waals surface area contributed by atoms with E-state index in [1.807, 2.05) is 25.1 Å². The zero-order valence-electron chi connectivity index (χ0n) is 11.5. The predicted molar refractivity (Wildman–Crippen MR) is 87.5 cm³/mol. The molecule has 0 spiro atoms. The van der Waals surface area contributed by atoms with Gasteiger partial charge in [-0.2, -0.15) is 0 Å². The molecule has 1 aliphatic carbocycles. The number of halogens is 1. The summed E-state index contributed by atoms with van der Waals surface area (Å²) in [6.45, 7) is 2.05. The van der Waals surface area contributed by atoms with E-state index in [4.69, 9.17) is 0 Å². The van der Waals surface area contributed by atoms with E-state index in [1.54, 1.807) is 0 Å². The van der Waals surface area contributed by atoms with Crippen LogP contribution in [0.4, 0.5) is 0 Å². The first kappa shape index (κ1) is 14.8. The first-order chi connectivity index (χ1) is 9.18. The second-order valence-corrected chi connectivity index (χ2v) is 6.53. The third kappa shape index (κ3) is 4.20. The molecule has 0 atom stereocenters. The van der Waals surface area contributed by atoms with Crippen molar-refractivity contribution in [2.45, 2.75) is 57.9 Å². The third-order valence-corrected chi connectivity index (χ3v) is 5.31. The van der Waals surface area contributed by atoms with Gasteiger partial charge in [0.05, 0.1) is 5.56 Å². The molecule has 1 aliphatic rings. The van der Waals surface area contributed by atoms with Crippen LogP contribution in [-0.4, -0.2) is 11.9 Å². The van der Waals surface area contributed by atoms with E-state index in [9.17, 15) is 4.79 Å². The van der Waals surface area contributed by atoms with E-state index in [0.29, 0.717) is 6.04 Å². The van der Waals surface area contributed by atoms with E-state index in [1.165, 1.54) is 37.7 Å². The van der Waals surface area contributed by atoms with Crippen LogP contribution in [0, 0.1) is 10.5 Å². The summed E-state index contributed by atoms with van der Waals surface area (Å²) in [5.41, 5.74) is 1.99. The molecule has 1 amide bonds. The van der Waals surface area contributed by atoms with Crippen LogP contribution in [0.15, 0.2) is 18.2 Å². The highest BCUT2D eigenvalue weighted by Gasteiger charge is 2.17. The number of rotatable bonds is 2. The molecule has 1 N–H and O–H groups in total. The fourth-order valence-electron chi connectivity index (χ4n) is 2.69. The molecule has 1 aromatic rings. The molecule has 0 saturated heterocycles. The van der Waals surface area contributed by atoms with Gasteiger partial charge in [-0.25, -0.2) is 0 Å². The van der Waals surface area contributed by atoms with Gasteiger partial charge in [0.15, 0.2) is 0 Å². The van der Waals surface area contributed by atoms with Crippen molar-refractivity contribution in [1.29, 1.82) is 0 Å². The lowest BCUT2D eigenvalue weighted by molar-refractivity contribution is 0.0929. The Hall–Kier alpha value is -0.580. The van der Waals surface area contributed by atoms with Gasteiger partial charge in [0.2, 0.25) is 0 Å². The minimum atomic E-state index is 0.0960. The largest absolute Gasteiger partial charge is 0.349 e. The predicted octanol–water partition coefficient (Wildman–Crippen LogP) is 4.44. The number of benzene rings is 1. The average Bonchev–Trinajstić information content (AvgIpc) is 2.35. The highest BCUT2D eigenvalue weighted by atomic mass is 127. The lowest BCUT2D eigenvalue weighted by atomic mass is 9.96. The van der Waals surface area contributed by atoms with E-state index in [2.05, 4.69) is 27.9 Å². The average molecular weight is 371 g/mol. The minimum Gasteiger partial charge on any atom is -0.349 e. The van der Waals surface area contributed by atoms with Crippen molar-refractivity contribution in [3.05, 3.63) is 32.9 Å². The van der Waals surface area contributed by atoms with Gasteiger partial charge in [-0.05, 0) is 54.0 Å². The lowest BCUT2D eigenvalue weighted by Crippen LogP contribution is -2.35. The van der Waals surface area contributed by atoms with Crippen LogP contribution >= 0.6 is 22.6 Å². The zero-order chi connectivity index (χ0) is 13.7. The summed E-state index contributed by atoms with van der Waals surface area (Å²) < 4.78 is 1.07. The monoisotopic (exact) mass is 371 g/mol. The maximum atomic E-state index is 12.4. The fourth-order valence-corrected chi connectivity index (χ4v) is 3.29. The van der Waals surface area contributed by atoms with E-state index < -0.39 is 0 Å². The summed E-state index contributed by atoms with van der Waals surface area (Å²) in [6.07, 6.45) is 8.74. The molecule has 1 saturated carbocycles. The molecule has 2 rings (SSSR count). The Labute approximate surface area is 129 Å². The molecule has 104 valence electrons. The Morgan fingerprint density at radius 2 is 1.79 bits per heavy atom. The molecular weight excluding hydrogens is 349 g/mol. The van der Waals surface area contributed by atoms with Crippen LogP contribution in [0.2, 0.25) is 0 Å². The zero-order valence-corrected chi connectivity index (χ0v) is 13.7. The molecule has 2 nitrogen and oxygen atoms in total. The number of amides is 1. The van der Waals surface area contributed by atoms with Crippen molar-refractivity contribution in [2.24, 2.45) is 0 Å². The summed E-state index contributed by atoms with van der Waals surface area (Å²) >= 11 is 2.27. The van der Waals surface area contributed by atoms with Crippen LogP contribution in [0.1, 0.15) is 60.9 Å². The molecule has 0 aromatic heterocycles. The number of carbonyl (C=O) groups excluding carboxylic acids is 1. The molecule has 0 unspecified atom stereocenters. The van der Waals surface area contributed by atoms with Crippen molar-refractivity contribution in [2.75, 3.05) is 0 Å². The number of hydrogen-bond acceptors (Lipinski definition) is 1. The normalized spacial score (nSPS) is 17.6. The summed E-state index contributed by atoms with van der Waals surface area (Å²) in [4.78, 5) is 12.4. The van der Waals surface area contributed by atoms with Gasteiger partial charge in [-0.3, -0.25) is 4.79 Å². The molecule has 0 heterocycles. The second kappa shape index (κ2) is 7.27. The van der Waals surface area contributed by atoms with Gasteiger partial charge in [-0.15, -0.1) is 0 Å². The molecule has 0 radical (unpaired) electrons. The SMILES string of the molecule is Cc1cccc(C(=O)NC2CCCCCCC2)c1I. The van der Waals surface area contributed by atoms with Gasteiger partial charge < -0.3 is 5.32 Å². The van der Waals surface area contributed by atoms with Crippen LogP contribution in [-0.2, 0) is 0 Å². The Balaban J connectivity index is 2.01. The van der Waals surface area contributed by atoms with Crippen molar-refractivity contribution in [3.8, 4) is 0 Å². The van der Waals surface area contributed by atoms with Crippen LogP contribution in [0.25, 0.3) is 0 Å². The van der Waals surface area contributed by atoms with Crippen LogP contribution in [0.3, 0.4) is 0 Å². The molecule has 19 heavy (non-hydrogen) atoms. The maximum absolute atomic E-state index is 12.4. The fraction of sp³-hybridized carbons (Fsp3) is 0.562. The number of hydrogen-bond donors (Lipinski definition) is 1. The first-order valence-electron chi connectivity index (χ1n) is 7.24. The lowest BCUT2D eigenvalue weighted by Gasteiger charge is -2.21. The van der Waals surface area contributed by atoms with Gasteiger partial charge in [0.25, 0.3) is 5.91 Å². The van der Waals surface area contributed by atoms with Crippen molar-refractivity contribution in [1.82, 2.24) is 5.32 Å². The van der Waals surface area contributed by atoms with Gasteiger partial charge in [0.1, 0.15) is 0 Å². The van der Waals surface area contributed by atoms with Crippen LogP contribution < -0.4 is 5.32 Å². The highest BCUT2D eigenvalue weighted by Crippen LogP contribution is 2.20. The number of nitrogens with one attached hydrogen (secondary N) is 1. The first-order valence-corrected chi connectivity index (χ1v) is 8.32. The third-order valence-electron chi connectivity index (χ3n) is 3.88. The summed E-state index contributed by atoms with van der Waals surface area (Å²) in [7, 11) is 0. The minimum absolute atomic E-state index is 0.0960. The summed E-state index contributed by atoms with van der Waals surface area (Å²) in [5, 5.41) is 3.23. The van der Waals surface area contributed by atoms with Crippen LogP contribution in [0.5, 0.6) is 0 Å². The molecule has 0 bridgehead atoms. The highest BCUT2D eigenvalue weighted by molar-refractivity contribution is 14.1. The molecule has 3 heteroatoms. The van der Waals surface area contributed by atoms with Gasteiger partial charge >= 0.3 is 0 Å². The molecule has 1 aromatic carbocycles. The maximum Gasteiger partial charge on any atom is 0.252 e. The number of aryl methyl sites for hydroxylation is 1. The summed E-state index contributed by atoms with van der Waals surface area (Å²) in [5.74, 6) is 0.0960. The van der Waals surface area contributed by atoms with Gasteiger partial charge in [0, 0.05) is 9.61 Å². The van der Waals surface area contributed by atoms with Crippen molar-refractivity contribution < 1.29 is 4.79 Å². The van der Waals surface area contributed by atoms with E-state index in [0.717, 1.165) is 22.0 Å². The standard InChI is InChI=1S/C16H22INO/c1-12-8-7-11-14(15(12)17)16(19)18-13-9-5-3-2-4-6-10-13/h7-8,11,13H,2-6,9-10H2,1H3,(H,18,19). The smallest absolute Gasteiger partial charge is 0.252 e. The summed E-state index contributed by atoms with van der Waals surface area (Å²) in [6, 6.07) is 6.30. The Kier molecular flexibility index (Phi) is 5.67. The molecular formula is C16H22INO. The van der Waals surface area contributed by atoms with Gasteiger partial charge in [-0.1, -0.05) is 44.2 Å². The number of carbonyl (C=O) groups is 1. The second-order valence-electron chi connectivity index (χ2n) is 5.45. The molecule has 1 fully saturated rings. The van der Waals surface area contributed by atoms with E-state index in [-0.39, 0.29) is 5.91 Å².